The van der Waals surface area contributed by atoms with Gasteiger partial charge in [0.15, 0.2) is 0 Å². The Balaban J connectivity index is 1.25. The summed E-state index contributed by atoms with van der Waals surface area (Å²) in [5, 5.41) is 7.19. The molecule has 238 valence electrons. The van der Waals surface area contributed by atoms with Gasteiger partial charge in [-0.05, 0) is 94.5 Å². The summed E-state index contributed by atoms with van der Waals surface area (Å²) in [4.78, 5) is 46.6. The summed E-state index contributed by atoms with van der Waals surface area (Å²) in [5.74, 6) is -0.247. The monoisotopic (exact) mass is 623 g/mol. The number of amides is 3. The van der Waals surface area contributed by atoms with E-state index in [0.29, 0.717) is 44.0 Å². The molecule has 0 aliphatic carbocycles. The number of carbonyl (C=O) groups is 3. The number of likely N-dealkylation sites (tertiary alicyclic amines) is 2. The summed E-state index contributed by atoms with van der Waals surface area (Å²) in [6.45, 7) is 5.94. The lowest BCUT2D eigenvalue weighted by Gasteiger charge is -2.44. The first-order chi connectivity index (χ1) is 21.3. The highest BCUT2D eigenvalue weighted by atomic mass is 35.5. The first kappa shape index (κ1) is 32.3. The van der Waals surface area contributed by atoms with Crippen molar-refractivity contribution < 1.29 is 19.1 Å². The van der Waals surface area contributed by atoms with Crippen molar-refractivity contribution in [1.29, 1.82) is 0 Å². The molecule has 2 aromatic carbocycles. The van der Waals surface area contributed by atoms with E-state index in [-0.39, 0.29) is 42.5 Å². The van der Waals surface area contributed by atoms with Crippen LogP contribution >= 0.6 is 11.6 Å². The second-order valence-corrected chi connectivity index (χ2v) is 12.7. The van der Waals surface area contributed by atoms with Crippen LogP contribution in [-0.2, 0) is 27.2 Å². The number of halogens is 1. The molecule has 0 saturated carbocycles. The van der Waals surface area contributed by atoms with Crippen molar-refractivity contribution in [1.82, 2.24) is 25.3 Å². The molecule has 0 bridgehead atoms. The van der Waals surface area contributed by atoms with Gasteiger partial charge in [-0.3, -0.25) is 9.59 Å². The fourth-order valence-electron chi connectivity index (χ4n) is 6.92. The number of carbonyl (C=O) groups excluding carboxylic acids is 3. The van der Waals surface area contributed by atoms with Crippen LogP contribution in [0.2, 0.25) is 5.02 Å². The molecule has 9 nitrogen and oxygen atoms in total. The second kappa shape index (κ2) is 15.2. The van der Waals surface area contributed by atoms with Crippen molar-refractivity contribution in [2.24, 2.45) is 0 Å². The van der Waals surface area contributed by atoms with E-state index in [0.717, 1.165) is 50.0 Å². The van der Waals surface area contributed by atoms with E-state index in [4.69, 9.17) is 16.3 Å². The number of nitrogens with zero attached hydrogens (tertiary/aromatic N) is 3. The fraction of sp³-hybridized carbons (Fsp3) is 0.559. The molecule has 0 aromatic heterocycles. The standard InChI is InChI=1S/C34H46ClN5O4/c1-3-44-34(43)40(27-13-18-38(2)19-14-27)28-15-20-39(21-16-28)33(42)31(22-24-8-10-26(35)11-9-24)37-32(41)23-30-29-7-5-4-6-25(29)12-17-36-30/h4-11,27-28,30-31,36H,3,12-23H2,1-2H3,(H,37,41)/t30-,31+/m0/s1. The molecular weight excluding hydrogens is 578 g/mol. The Kier molecular flexibility index (Phi) is 11.2. The molecule has 2 atom stereocenters. The molecule has 0 spiro atoms. The SMILES string of the molecule is CCOC(=O)N(C1CCN(C)CC1)C1CCN(C(=O)[C@@H](Cc2ccc(Cl)cc2)NC(=O)C[C@@H]2NCCc3ccccc32)CC1. The van der Waals surface area contributed by atoms with Crippen LogP contribution in [0.5, 0.6) is 0 Å². The number of ether oxygens (including phenoxy) is 1. The average molecular weight is 624 g/mol. The summed E-state index contributed by atoms with van der Waals surface area (Å²) in [5.41, 5.74) is 3.34. The quantitative estimate of drug-likeness (QED) is 0.435. The van der Waals surface area contributed by atoms with Gasteiger partial charge >= 0.3 is 6.09 Å². The summed E-state index contributed by atoms with van der Waals surface area (Å²) >= 11 is 6.12. The van der Waals surface area contributed by atoms with E-state index < -0.39 is 6.04 Å². The number of nitrogens with one attached hydrogen (secondary N) is 2. The lowest BCUT2D eigenvalue weighted by Crippen LogP contribution is -2.57. The fourth-order valence-corrected chi connectivity index (χ4v) is 7.05. The number of rotatable bonds is 9. The maximum atomic E-state index is 14.0. The average Bonchev–Trinajstić information content (AvgIpc) is 3.03. The number of piperidine rings is 2. The summed E-state index contributed by atoms with van der Waals surface area (Å²) in [6, 6.07) is 15.0. The first-order valence-corrected chi connectivity index (χ1v) is 16.5. The molecule has 44 heavy (non-hydrogen) atoms. The smallest absolute Gasteiger partial charge is 0.410 e. The largest absolute Gasteiger partial charge is 0.450 e. The van der Waals surface area contributed by atoms with Gasteiger partial charge in [-0.15, -0.1) is 0 Å². The van der Waals surface area contributed by atoms with E-state index in [1.165, 1.54) is 5.56 Å². The molecule has 3 heterocycles. The highest BCUT2D eigenvalue weighted by Gasteiger charge is 2.37. The summed E-state index contributed by atoms with van der Waals surface area (Å²) in [6.07, 6.45) is 4.52. The van der Waals surface area contributed by atoms with Crippen LogP contribution < -0.4 is 10.6 Å². The van der Waals surface area contributed by atoms with Gasteiger partial charge in [0.25, 0.3) is 0 Å². The van der Waals surface area contributed by atoms with Gasteiger partial charge < -0.3 is 30.1 Å². The Morgan fingerprint density at radius 3 is 2.34 bits per heavy atom. The minimum Gasteiger partial charge on any atom is -0.450 e. The minimum absolute atomic E-state index is 0.0215. The van der Waals surface area contributed by atoms with Gasteiger partial charge in [0, 0.05) is 49.1 Å². The first-order valence-electron chi connectivity index (χ1n) is 16.1. The van der Waals surface area contributed by atoms with Crippen LogP contribution in [0.3, 0.4) is 0 Å². The minimum atomic E-state index is -0.700. The van der Waals surface area contributed by atoms with Gasteiger partial charge in [0.2, 0.25) is 11.8 Å². The predicted octanol–water partition coefficient (Wildman–Crippen LogP) is 4.19. The zero-order chi connectivity index (χ0) is 31.1. The van der Waals surface area contributed by atoms with Crippen LogP contribution in [-0.4, -0.2) is 97.1 Å². The summed E-state index contributed by atoms with van der Waals surface area (Å²) in [7, 11) is 2.11. The molecule has 10 heteroatoms. The molecule has 3 amide bonds. The van der Waals surface area contributed by atoms with Gasteiger partial charge in [-0.1, -0.05) is 48.0 Å². The van der Waals surface area contributed by atoms with Gasteiger partial charge in [-0.2, -0.15) is 0 Å². The van der Waals surface area contributed by atoms with E-state index in [1.807, 2.05) is 53.1 Å². The maximum Gasteiger partial charge on any atom is 0.410 e. The van der Waals surface area contributed by atoms with Gasteiger partial charge in [0.05, 0.1) is 6.61 Å². The van der Waals surface area contributed by atoms with Crippen LogP contribution in [0, 0.1) is 0 Å². The highest BCUT2D eigenvalue weighted by molar-refractivity contribution is 6.30. The third-order valence-corrected chi connectivity index (χ3v) is 9.57. The van der Waals surface area contributed by atoms with Crippen molar-refractivity contribution in [2.75, 3.05) is 46.4 Å². The Labute approximate surface area is 266 Å². The number of hydrogen-bond donors (Lipinski definition) is 2. The van der Waals surface area contributed by atoms with Gasteiger partial charge in [0.1, 0.15) is 6.04 Å². The van der Waals surface area contributed by atoms with Crippen LogP contribution in [0.25, 0.3) is 0 Å². The third kappa shape index (κ3) is 8.11. The number of hydrogen-bond acceptors (Lipinski definition) is 6. The molecule has 2 fully saturated rings. The van der Waals surface area contributed by atoms with Crippen molar-refractivity contribution in [3.8, 4) is 0 Å². The molecule has 3 aliphatic heterocycles. The van der Waals surface area contributed by atoms with E-state index >= 15 is 0 Å². The molecule has 0 unspecified atom stereocenters. The normalized spacial score (nSPS) is 20.4. The van der Waals surface area contributed by atoms with E-state index in [1.54, 1.807) is 0 Å². The molecule has 0 radical (unpaired) electrons. The molecular formula is C34H46ClN5O4. The van der Waals surface area contributed by atoms with Crippen molar-refractivity contribution >= 4 is 29.5 Å². The zero-order valence-corrected chi connectivity index (χ0v) is 26.7. The van der Waals surface area contributed by atoms with Crippen LogP contribution in [0.4, 0.5) is 4.79 Å². The Morgan fingerprint density at radius 2 is 1.66 bits per heavy atom. The number of benzene rings is 2. The molecule has 3 aliphatic rings. The van der Waals surface area contributed by atoms with Crippen molar-refractivity contribution in [3.63, 3.8) is 0 Å². The zero-order valence-electron chi connectivity index (χ0n) is 26.0. The van der Waals surface area contributed by atoms with Crippen molar-refractivity contribution in [2.45, 2.75) is 76.0 Å². The third-order valence-electron chi connectivity index (χ3n) is 9.32. The molecule has 2 aromatic rings. The van der Waals surface area contributed by atoms with E-state index in [9.17, 15) is 14.4 Å². The molecule has 5 rings (SSSR count). The molecule has 2 N–H and O–H groups in total. The van der Waals surface area contributed by atoms with Crippen LogP contribution in [0.15, 0.2) is 48.5 Å². The Hall–Kier alpha value is -3.14. The molecule has 2 saturated heterocycles. The lowest BCUT2D eigenvalue weighted by atomic mass is 9.92. The van der Waals surface area contributed by atoms with Crippen molar-refractivity contribution in [3.05, 3.63) is 70.2 Å². The Morgan fingerprint density at radius 1 is 1.00 bits per heavy atom. The lowest BCUT2D eigenvalue weighted by molar-refractivity contribution is -0.138. The van der Waals surface area contributed by atoms with E-state index in [2.05, 4.69) is 34.7 Å². The number of fused-ring (bicyclic) bond motifs is 1. The maximum absolute atomic E-state index is 14.0. The highest BCUT2D eigenvalue weighted by Crippen LogP contribution is 2.27. The predicted molar refractivity (Wildman–Crippen MR) is 172 cm³/mol. The van der Waals surface area contributed by atoms with Crippen LogP contribution in [0.1, 0.15) is 61.8 Å². The summed E-state index contributed by atoms with van der Waals surface area (Å²) < 4.78 is 5.48. The van der Waals surface area contributed by atoms with Gasteiger partial charge in [-0.25, -0.2) is 4.79 Å². The topological polar surface area (TPSA) is 94.2 Å². The Bertz CT molecular complexity index is 1270. The second-order valence-electron chi connectivity index (χ2n) is 12.3.